The van der Waals surface area contributed by atoms with Gasteiger partial charge in [0.05, 0.1) is 12.3 Å². The lowest BCUT2D eigenvalue weighted by atomic mass is 10.1. The van der Waals surface area contributed by atoms with Crippen LogP contribution in [-0.4, -0.2) is 33.4 Å². The first-order chi connectivity index (χ1) is 11.2. The third kappa shape index (κ3) is 2.92. The summed E-state index contributed by atoms with van der Waals surface area (Å²) in [5, 5.41) is 5.77. The van der Waals surface area contributed by atoms with Crippen molar-refractivity contribution >= 4 is 35.0 Å². The summed E-state index contributed by atoms with van der Waals surface area (Å²) in [4.78, 5) is 16.6. The number of carbonyl (C=O) groups is 1. The maximum absolute atomic E-state index is 12.2. The molecule has 0 fully saturated rings. The van der Waals surface area contributed by atoms with Crippen LogP contribution >= 0.6 is 23.4 Å². The molecule has 2 aromatic heterocycles. The number of halogens is 1. The second kappa shape index (κ2) is 6.60. The van der Waals surface area contributed by atoms with Crippen LogP contribution in [0.3, 0.4) is 0 Å². The van der Waals surface area contributed by atoms with Gasteiger partial charge < -0.3 is 4.74 Å². The Bertz CT molecular complexity index is 862. The van der Waals surface area contributed by atoms with Gasteiger partial charge in [0.1, 0.15) is 10.6 Å². The van der Waals surface area contributed by atoms with E-state index in [1.807, 2.05) is 36.6 Å². The Kier molecular flexibility index (Phi) is 4.54. The quantitative estimate of drug-likeness (QED) is 0.528. The topological polar surface area (TPSA) is 56.5 Å². The van der Waals surface area contributed by atoms with Crippen LogP contribution in [-0.2, 0) is 4.74 Å². The van der Waals surface area contributed by atoms with Crippen molar-refractivity contribution in [2.75, 3.05) is 12.9 Å². The largest absolute Gasteiger partial charge is 0.462 e. The van der Waals surface area contributed by atoms with Crippen molar-refractivity contribution in [2.24, 2.45) is 0 Å². The van der Waals surface area contributed by atoms with Gasteiger partial charge in [-0.05, 0) is 31.4 Å². The third-order valence-corrected chi connectivity index (χ3v) is 4.22. The monoisotopic (exact) mass is 347 g/mol. The molecule has 0 unspecified atom stereocenters. The summed E-state index contributed by atoms with van der Waals surface area (Å²) in [6.07, 6.45) is 3.53. The molecule has 0 radical (unpaired) electrons. The predicted molar refractivity (Wildman–Crippen MR) is 91.2 cm³/mol. The van der Waals surface area contributed by atoms with Gasteiger partial charge in [-0.2, -0.15) is 5.10 Å². The summed E-state index contributed by atoms with van der Waals surface area (Å²) in [7, 11) is 0. The van der Waals surface area contributed by atoms with E-state index in [0.29, 0.717) is 27.9 Å². The van der Waals surface area contributed by atoms with E-state index in [1.54, 1.807) is 17.6 Å². The van der Waals surface area contributed by atoms with Crippen LogP contribution in [0.1, 0.15) is 17.3 Å². The molecule has 0 saturated carbocycles. The van der Waals surface area contributed by atoms with Crippen molar-refractivity contribution in [3.63, 3.8) is 0 Å². The molecule has 5 nitrogen and oxygen atoms in total. The van der Waals surface area contributed by atoms with Gasteiger partial charge in [0.15, 0.2) is 5.65 Å². The maximum atomic E-state index is 12.2. The first kappa shape index (κ1) is 15.8. The number of ether oxygens (including phenoxy) is 1. The molecule has 0 spiro atoms. The second-order valence-electron chi connectivity index (χ2n) is 4.68. The minimum absolute atomic E-state index is 0.306. The number of carbonyl (C=O) groups excluding carboxylic acids is 1. The highest BCUT2D eigenvalue weighted by molar-refractivity contribution is 7.98. The zero-order valence-corrected chi connectivity index (χ0v) is 14.2. The lowest BCUT2D eigenvalue weighted by molar-refractivity contribution is 0.0524. The van der Waals surface area contributed by atoms with Gasteiger partial charge >= 0.3 is 5.97 Å². The molecule has 0 atom stereocenters. The van der Waals surface area contributed by atoms with Gasteiger partial charge in [0.25, 0.3) is 0 Å². The Morgan fingerprint density at radius 3 is 2.70 bits per heavy atom. The highest BCUT2D eigenvalue weighted by Gasteiger charge is 2.23. The molecule has 2 heterocycles. The van der Waals surface area contributed by atoms with E-state index in [9.17, 15) is 4.79 Å². The Balaban J connectivity index is 2.22. The summed E-state index contributed by atoms with van der Waals surface area (Å²) in [6, 6.07) is 9.29. The van der Waals surface area contributed by atoms with Crippen LogP contribution in [0.5, 0.6) is 0 Å². The molecular weight excluding hydrogens is 334 g/mol. The second-order valence-corrected chi connectivity index (χ2v) is 5.91. The highest BCUT2D eigenvalue weighted by Crippen LogP contribution is 2.28. The maximum Gasteiger partial charge on any atom is 0.344 e. The average Bonchev–Trinajstić information content (AvgIpc) is 2.94. The zero-order valence-electron chi connectivity index (χ0n) is 12.6. The normalized spacial score (nSPS) is 10.9. The summed E-state index contributed by atoms with van der Waals surface area (Å²) in [6.45, 7) is 2.08. The number of benzene rings is 1. The lowest BCUT2D eigenvalue weighted by Crippen LogP contribution is -2.06. The van der Waals surface area contributed by atoms with Crippen molar-refractivity contribution in [1.29, 1.82) is 0 Å². The first-order valence-corrected chi connectivity index (χ1v) is 8.60. The van der Waals surface area contributed by atoms with E-state index >= 15 is 0 Å². The van der Waals surface area contributed by atoms with Crippen molar-refractivity contribution in [3.05, 3.63) is 47.1 Å². The molecule has 23 heavy (non-hydrogen) atoms. The summed E-state index contributed by atoms with van der Waals surface area (Å²) >= 11 is 7.33. The Hall–Kier alpha value is -2.05. The third-order valence-electron chi connectivity index (χ3n) is 3.30. The molecule has 0 N–H and O–H groups in total. The molecule has 0 bridgehead atoms. The molecule has 1 aromatic carbocycles. The van der Waals surface area contributed by atoms with Gasteiger partial charge in [-0.25, -0.2) is 14.3 Å². The summed E-state index contributed by atoms with van der Waals surface area (Å²) in [5.41, 5.74) is 2.65. The number of fused-ring (bicyclic) bond motifs is 1. The van der Waals surface area contributed by atoms with Crippen molar-refractivity contribution in [2.45, 2.75) is 11.9 Å². The molecule has 0 saturated heterocycles. The summed E-state index contributed by atoms with van der Waals surface area (Å²) < 4.78 is 6.80. The number of thioether (sulfide) groups is 1. The van der Waals surface area contributed by atoms with Crippen LogP contribution in [0.4, 0.5) is 0 Å². The van der Waals surface area contributed by atoms with E-state index < -0.39 is 5.97 Å². The standard InChI is InChI=1S/C16H14ClN3O2S/c1-3-22-16(21)13-14-18-9-8-12(20(14)19-15(13)23-2)10-4-6-11(17)7-5-10/h4-9H,3H2,1-2H3. The first-order valence-electron chi connectivity index (χ1n) is 7.00. The Morgan fingerprint density at radius 1 is 1.30 bits per heavy atom. The number of hydrogen-bond donors (Lipinski definition) is 0. The molecule has 0 aliphatic heterocycles. The molecule has 0 amide bonds. The molecular formula is C16H14ClN3O2S. The minimum atomic E-state index is -0.410. The van der Waals surface area contributed by atoms with Crippen molar-refractivity contribution in [3.8, 4) is 11.3 Å². The van der Waals surface area contributed by atoms with Gasteiger partial charge in [-0.1, -0.05) is 23.7 Å². The fraction of sp³-hybridized carbons (Fsp3) is 0.188. The smallest absolute Gasteiger partial charge is 0.344 e. The highest BCUT2D eigenvalue weighted by atomic mass is 35.5. The fourth-order valence-corrected chi connectivity index (χ4v) is 2.96. The average molecular weight is 348 g/mol. The van der Waals surface area contributed by atoms with Crippen LogP contribution in [0.25, 0.3) is 16.9 Å². The number of nitrogens with zero attached hydrogens (tertiary/aromatic N) is 3. The van der Waals surface area contributed by atoms with E-state index in [-0.39, 0.29) is 0 Å². The number of hydrogen-bond acceptors (Lipinski definition) is 5. The lowest BCUT2D eigenvalue weighted by Gasteiger charge is -2.05. The molecule has 3 aromatic rings. The Labute approximate surface area is 142 Å². The van der Waals surface area contributed by atoms with Gasteiger partial charge in [0.2, 0.25) is 0 Å². The summed E-state index contributed by atoms with van der Waals surface area (Å²) in [5.74, 6) is -0.410. The minimum Gasteiger partial charge on any atom is -0.462 e. The van der Waals surface area contributed by atoms with Gasteiger partial charge in [0, 0.05) is 16.8 Å². The Morgan fingerprint density at radius 2 is 2.04 bits per heavy atom. The van der Waals surface area contributed by atoms with E-state index in [1.165, 1.54) is 11.8 Å². The molecule has 3 rings (SSSR count). The van der Waals surface area contributed by atoms with Crippen LogP contribution < -0.4 is 0 Å². The molecule has 7 heteroatoms. The number of esters is 1. The van der Waals surface area contributed by atoms with E-state index in [2.05, 4.69) is 10.1 Å². The van der Waals surface area contributed by atoms with Gasteiger partial charge in [-0.15, -0.1) is 11.8 Å². The molecule has 0 aliphatic carbocycles. The SMILES string of the molecule is CCOC(=O)c1c(SC)nn2c(-c3ccc(Cl)cc3)ccnc12. The van der Waals surface area contributed by atoms with Gasteiger partial charge in [-0.3, -0.25) is 0 Å². The van der Waals surface area contributed by atoms with Crippen molar-refractivity contribution < 1.29 is 9.53 Å². The predicted octanol–water partition coefficient (Wildman–Crippen LogP) is 3.95. The van der Waals surface area contributed by atoms with Crippen molar-refractivity contribution in [1.82, 2.24) is 14.6 Å². The van der Waals surface area contributed by atoms with Crippen LogP contribution in [0, 0.1) is 0 Å². The zero-order chi connectivity index (χ0) is 16.4. The molecule has 0 aliphatic rings. The number of rotatable bonds is 4. The fourth-order valence-electron chi connectivity index (χ4n) is 2.29. The number of aromatic nitrogens is 3. The van der Waals surface area contributed by atoms with E-state index in [4.69, 9.17) is 16.3 Å². The van der Waals surface area contributed by atoms with Crippen LogP contribution in [0.15, 0.2) is 41.6 Å². The van der Waals surface area contributed by atoms with E-state index in [0.717, 1.165) is 11.3 Å². The molecule has 118 valence electrons. The van der Waals surface area contributed by atoms with Crippen LogP contribution in [0.2, 0.25) is 5.02 Å².